The average Bonchev–Trinajstić information content (AvgIpc) is 2.63. The van der Waals surface area contributed by atoms with E-state index in [-0.39, 0.29) is 6.04 Å². The van der Waals surface area contributed by atoms with E-state index in [4.69, 9.17) is 4.42 Å². The SMILES string of the molecule is O=C(O)C1CCCCCN1Cc1ccoc1. The number of carboxylic acids is 1. The van der Waals surface area contributed by atoms with Crippen molar-refractivity contribution < 1.29 is 14.3 Å². The van der Waals surface area contributed by atoms with Crippen molar-refractivity contribution in [2.75, 3.05) is 6.54 Å². The predicted molar refractivity (Wildman–Crippen MR) is 59.0 cm³/mol. The normalized spacial score (nSPS) is 22.9. The molecule has 1 aromatic rings. The number of rotatable bonds is 3. The molecular formula is C12H17NO3. The van der Waals surface area contributed by atoms with E-state index in [0.717, 1.165) is 37.8 Å². The summed E-state index contributed by atoms with van der Waals surface area (Å²) in [6.45, 7) is 1.54. The van der Waals surface area contributed by atoms with Gasteiger partial charge in [-0.1, -0.05) is 12.8 Å². The summed E-state index contributed by atoms with van der Waals surface area (Å²) in [5.41, 5.74) is 1.05. The molecule has 0 radical (unpaired) electrons. The smallest absolute Gasteiger partial charge is 0.320 e. The summed E-state index contributed by atoms with van der Waals surface area (Å²) in [6.07, 6.45) is 7.30. The van der Waals surface area contributed by atoms with Gasteiger partial charge < -0.3 is 9.52 Å². The Labute approximate surface area is 94.9 Å². The lowest BCUT2D eigenvalue weighted by atomic mass is 10.1. The molecule has 2 rings (SSSR count). The van der Waals surface area contributed by atoms with E-state index in [9.17, 15) is 9.90 Å². The molecule has 0 bridgehead atoms. The Morgan fingerprint density at radius 1 is 1.50 bits per heavy atom. The first-order chi connectivity index (χ1) is 7.77. The molecule has 2 heterocycles. The van der Waals surface area contributed by atoms with Crippen molar-refractivity contribution >= 4 is 5.97 Å². The molecular weight excluding hydrogens is 206 g/mol. The molecule has 1 aliphatic rings. The molecule has 1 aliphatic heterocycles. The van der Waals surface area contributed by atoms with Gasteiger partial charge in [0.2, 0.25) is 0 Å². The predicted octanol–water partition coefficient (Wildman–Crippen LogP) is 2.11. The molecule has 1 N–H and O–H groups in total. The van der Waals surface area contributed by atoms with Gasteiger partial charge in [-0.2, -0.15) is 0 Å². The van der Waals surface area contributed by atoms with Gasteiger partial charge in [0.05, 0.1) is 12.5 Å². The van der Waals surface area contributed by atoms with Crippen molar-refractivity contribution in [1.29, 1.82) is 0 Å². The van der Waals surface area contributed by atoms with E-state index < -0.39 is 5.97 Å². The van der Waals surface area contributed by atoms with E-state index in [1.165, 1.54) is 0 Å². The quantitative estimate of drug-likeness (QED) is 0.852. The minimum absolute atomic E-state index is 0.336. The second-order valence-corrected chi connectivity index (χ2v) is 4.31. The highest BCUT2D eigenvalue weighted by atomic mass is 16.4. The van der Waals surface area contributed by atoms with Crippen LogP contribution < -0.4 is 0 Å². The van der Waals surface area contributed by atoms with Crippen molar-refractivity contribution in [3.05, 3.63) is 24.2 Å². The standard InChI is InChI=1S/C12H17NO3/c14-12(15)11-4-2-1-3-6-13(11)8-10-5-7-16-9-10/h5,7,9,11H,1-4,6,8H2,(H,14,15). The summed E-state index contributed by atoms with van der Waals surface area (Å²) in [6, 6.07) is 1.56. The molecule has 1 fully saturated rings. The van der Waals surface area contributed by atoms with Crippen LogP contribution in [0.4, 0.5) is 0 Å². The van der Waals surface area contributed by atoms with Crippen LogP contribution in [-0.2, 0) is 11.3 Å². The van der Waals surface area contributed by atoms with Crippen LogP contribution in [0.25, 0.3) is 0 Å². The zero-order valence-electron chi connectivity index (χ0n) is 9.26. The third-order valence-electron chi connectivity index (χ3n) is 3.11. The molecule has 1 atom stereocenters. The Hall–Kier alpha value is -1.29. The number of hydrogen-bond acceptors (Lipinski definition) is 3. The van der Waals surface area contributed by atoms with Crippen LogP contribution in [0.2, 0.25) is 0 Å². The van der Waals surface area contributed by atoms with Crippen LogP contribution >= 0.6 is 0 Å². The molecule has 4 heteroatoms. The highest BCUT2D eigenvalue weighted by molar-refractivity contribution is 5.73. The van der Waals surface area contributed by atoms with Gasteiger partial charge in [0, 0.05) is 12.1 Å². The highest BCUT2D eigenvalue weighted by Crippen LogP contribution is 2.19. The number of carbonyl (C=O) groups is 1. The minimum atomic E-state index is -0.703. The number of likely N-dealkylation sites (tertiary alicyclic amines) is 1. The summed E-state index contributed by atoms with van der Waals surface area (Å²) in [7, 11) is 0. The largest absolute Gasteiger partial charge is 0.480 e. The van der Waals surface area contributed by atoms with Gasteiger partial charge in [-0.05, 0) is 25.5 Å². The summed E-state index contributed by atoms with van der Waals surface area (Å²) in [5.74, 6) is -0.703. The maximum Gasteiger partial charge on any atom is 0.320 e. The van der Waals surface area contributed by atoms with Crippen LogP contribution in [0, 0.1) is 0 Å². The molecule has 16 heavy (non-hydrogen) atoms. The monoisotopic (exact) mass is 223 g/mol. The van der Waals surface area contributed by atoms with Gasteiger partial charge in [-0.3, -0.25) is 9.69 Å². The molecule has 0 aliphatic carbocycles. The fraction of sp³-hybridized carbons (Fsp3) is 0.583. The first-order valence-electron chi connectivity index (χ1n) is 5.75. The fourth-order valence-electron chi connectivity index (χ4n) is 2.25. The maximum absolute atomic E-state index is 11.2. The van der Waals surface area contributed by atoms with Crippen molar-refractivity contribution in [3.8, 4) is 0 Å². The van der Waals surface area contributed by atoms with E-state index >= 15 is 0 Å². The number of nitrogens with zero attached hydrogens (tertiary/aromatic N) is 1. The van der Waals surface area contributed by atoms with Crippen LogP contribution in [0.1, 0.15) is 31.2 Å². The number of carboxylic acid groups (broad SMARTS) is 1. The molecule has 0 aromatic carbocycles. The van der Waals surface area contributed by atoms with Crippen molar-refractivity contribution in [3.63, 3.8) is 0 Å². The topological polar surface area (TPSA) is 53.7 Å². The zero-order chi connectivity index (χ0) is 11.4. The third kappa shape index (κ3) is 2.64. The Morgan fingerprint density at radius 3 is 3.06 bits per heavy atom. The van der Waals surface area contributed by atoms with Gasteiger partial charge >= 0.3 is 5.97 Å². The second kappa shape index (κ2) is 5.16. The van der Waals surface area contributed by atoms with Crippen molar-refractivity contribution in [2.24, 2.45) is 0 Å². The van der Waals surface area contributed by atoms with Crippen LogP contribution in [0.5, 0.6) is 0 Å². The van der Waals surface area contributed by atoms with Gasteiger partial charge in [-0.15, -0.1) is 0 Å². The lowest BCUT2D eigenvalue weighted by molar-refractivity contribution is -0.143. The molecule has 0 amide bonds. The first kappa shape index (κ1) is 11.2. The van der Waals surface area contributed by atoms with Crippen molar-refractivity contribution in [2.45, 2.75) is 38.3 Å². The van der Waals surface area contributed by atoms with E-state index in [0.29, 0.717) is 6.54 Å². The molecule has 1 aromatic heterocycles. The molecule has 0 saturated carbocycles. The van der Waals surface area contributed by atoms with Crippen LogP contribution in [0.15, 0.2) is 23.0 Å². The van der Waals surface area contributed by atoms with Gasteiger partial charge in [0.15, 0.2) is 0 Å². The highest BCUT2D eigenvalue weighted by Gasteiger charge is 2.26. The lowest BCUT2D eigenvalue weighted by Gasteiger charge is -2.25. The second-order valence-electron chi connectivity index (χ2n) is 4.31. The fourth-order valence-corrected chi connectivity index (χ4v) is 2.25. The summed E-state index contributed by atoms with van der Waals surface area (Å²) in [5, 5.41) is 9.20. The first-order valence-corrected chi connectivity index (χ1v) is 5.75. The van der Waals surface area contributed by atoms with Gasteiger partial charge in [0.1, 0.15) is 6.04 Å². The number of aliphatic carboxylic acids is 1. The van der Waals surface area contributed by atoms with Gasteiger partial charge in [-0.25, -0.2) is 0 Å². The molecule has 1 unspecified atom stereocenters. The molecule has 1 saturated heterocycles. The Morgan fingerprint density at radius 2 is 2.38 bits per heavy atom. The van der Waals surface area contributed by atoms with Gasteiger partial charge in [0.25, 0.3) is 0 Å². The molecule has 0 spiro atoms. The zero-order valence-corrected chi connectivity index (χ0v) is 9.26. The third-order valence-corrected chi connectivity index (χ3v) is 3.11. The lowest BCUT2D eigenvalue weighted by Crippen LogP contribution is -2.40. The number of hydrogen-bond donors (Lipinski definition) is 1. The molecule has 4 nitrogen and oxygen atoms in total. The van der Waals surface area contributed by atoms with E-state index in [2.05, 4.69) is 0 Å². The Bertz CT molecular complexity index is 334. The Kier molecular flexibility index (Phi) is 3.62. The molecule has 88 valence electrons. The van der Waals surface area contributed by atoms with Crippen molar-refractivity contribution in [1.82, 2.24) is 4.90 Å². The minimum Gasteiger partial charge on any atom is -0.480 e. The Balaban J connectivity index is 2.05. The number of furan rings is 1. The summed E-state index contributed by atoms with van der Waals surface area (Å²) >= 11 is 0. The van der Waals surface area contributed by atoms with Crippen LogP contribution in [-0.4, -0.2) is 28.6 Å². The van der Waals surface area contributed by atoms with E-state index in [1.54, 1.807) is 12.5 Å². The average molecular weight is 223 g/mol. The van der Waals surface area contributed by atoms with E-state index in [1.807, 2.05) is 11.0 Å². The van der Waals surface area contributed by atoms with Crippen LogP contribution in [0.3, 0.4) is 0 Å². The maximum atomic E-state index is 11.2. The summed E-state index contributed by atoms with van der Waals surface area (Å²) in [4.78, 5) is 13.2. The summed E-state index contributed by atoms with van der Waals surface area (Å²) < 4.78 is 5.01.